The van der Waals surface area contributed by atoms with Gasteiger partial charge in [-0.1, -0.05) is 46.3 Å². The van der Waals surface area contributed by atoms with Gasteiger partial charge < -0.3 is 9.80 Å². The molecule has 0 atom stereocenters. The fourth-order valence-corrected chi connectivity index (χ4v) is 3.80. The van der Waals surface area contributed by atoms with E-state index in [1.807, 2.05) is 18.2 Å². The number of rotatable bonds is 4. The van der Waals surface area contributed by atoms with Gasteiger partial charge in [0.2, 0.25) is 11.8 Å². The van der Waals surface area contributed by atoms with Crippen molar-refractivity contribution in [2.45, 2.75) is 6.92 Å². The zero-order chi connectivity index (χ0) is 21.0. The second kappa shape index (κ2) is 9.00. The number of carbonyl (C=O) groups excluding carboxylic acids is 2. The molecule has 1 fully saturated rings. The number of piperazine rings is 1. The van der Waals surface area contributed by atoms with E-state index in [0.717, 1.165) is 4.47 Å². The quantitative estimate of drug-likeness (QED) is 0.397. The number of amides is 2. The van der Waals surface area contributed by atoms with E-state index in [1.54, 1.807) is 34.1 Å². The second-order valence-corrected chi connectivity index (χ2v) is 7.50. The highest BCUT2D eigenvalue weighted by atomic mass is 79.9. The molecule has 1 heterocycles. The van der Waals surface area contributed by atoms with Gasteiger partial charge in [-0.25, -0.2) is 0 Å². The SMILES string of the molecule is CC(=O)N1CCN(C(=O)/C=C/c2cccc([N+](=O)[O-])c2-c2ccccc2Br)CC1. The lowest BCUT2D eigenvalue weighted by atomic mass is 9.97. The van der Waals surface area contributed by atoms with Gasteiger partial charge in [0.15, 0.2) is 0 Å². The zero-order valence-electron chi connectivity index (χ0n) is 15.9. The van der Waals surface area contributed by atoms with Crippen molar-refractivity contribution in [3.05, 3.63) is 68.7 Å². The van der Waals surface area contributed by atoms with Gasteiger partial charge in [0.1, 0.15) is 0 Å². The van der Waals surface area contributed by atoms with E-state index in [1.165, 1.54) is 19.1 Å². The largest absolute Gasteiger partial charge is 0.339 e. The van der Waals surface area contributed by atoms with E-state index in [4.69, 9.17) is 0 Å². The molecule has 8 heteroatoms. The van der Waals surface area contributed by atoms with Gasteiger partial charge in [0.05, 0.1) is 10.5 Å². The first kappa shape index (κ1) is 20.7. The van der Waals surface area contributed by atoms with Gasteiger partial charge in [0.25, 0.3) is 5.69 Å². The summed E-state index contributed by atoms with van der Waals surface area (Å²) in [4.78, 5) is 38.5. The fourth-order valence-electron chi connectivity index (χ4n) is 3.31. The Hall–Kier alpha value is -3.00. The Morgan fingerprint density at radius 3 is 2.31 bits per heavy atom. The van der Waals surface area contributed by atoms with Crippen LogP contribution >= 0.6 is 15.9 Å². The Labute approximate surface area is 176 Å². The van der Waals surface area contributed by atoms with Crippen LogP contribution in [0.25, 0.3) is 17.2 Å². The van der Waals surface area contributed by atoms with Crippen LogP contribution < -0.4 is 0 Å². The van der Waals surface area contributed by atoms with Crippen molar-refractivity contribution in [3.63, 3.8) is 0 Å². The summed E-state index contributed by atoms with van der Waals surface area (Å²) in [5, 5.41) is 11.6. The van der Waals surface area contributed by atoms with E-state index >= 15 is 0 Å². The minimum atomic E-state index is -0.422. The summed E-state index contributed by atoms with van der Waals surface area (Å²) >= 11 is 3.46. The molecule has 0 saturated carbocycles. The summed E-state index contributed by atoms with van der Waals surface area (Å²) in [6.07, 6.45) is 3.05. The zero-order valence-corrected chi connectivity index (χ0v) is 17.5. The van der Waals surface area contributed by atoms with Gasteiger partial charge in [-0.05, 0) is 17.7 Å². The number of hydrogen-bond donors (Lipinski definition) is 0. The van der Waals surface area contributed by atoms with Crippen molar-refractivity contribution in [3.8, 4) is 11.1 Å². The van der Waals surface area contributed by atoms with Crippen molar-refractivity contribution in [2.75, 3.05) is 26.2 Å². The third-order valence-electron chi connectivity index (χ3n) is 4.86. The van der Waals surface area contributed by atoms with Crippen LogP contribution in [0.15, 0.2) is 53.0 Å². The summed E-state index contributed by atoms with van der Waals surface area (Å²) in [7, 11) is 0. The van der Waals surface area contributed by atoms with E-state index < -0.39 is 4.92 Å². The molecule has 3 rings (SSSR count). The number of nitro benzene ring substituents is 1. The molecule has 2 aromatic carbocycles. The van der Waals surface area contributed by atoms with Gasteiger partial charge >= 0.3 is 0 Å². The average Bonchev–Trinajstić information content (AvgIpc) is 2.72. The summed E-state index contributed by atoms with van der Waals surface area (Å²) in [5.41, 5.74) is 1.70. The number of carbonyl (C=O) groups is 2. The van der Waals surface area contributed by atoms with Crippen LogP contribution in [0.4, 0.5) is 5.69 Å². The highest BCUT2D eigenvalue weighted by Crippen LogP contribution is 2.38. The van der Waals surface area contributed by atoms with Crippen LogP contribution in [-0.4, -0.2) is 52.7 Å². The molecule has 0 aliphatic carbocycles. The topological polar surface area (TPSA) is 83.8 Å². The maximum absolute atomic E-state index is 12.6. The number of halogens is 1. The van der Waals surface area contributed by atoms with Crippen LogP contribution in [0, 0.1) is 10.1 Å². The standard InChI is InChI=1S/C21H20BrN3O4/c1-15(26)23-11-13-24(14-12-23)20(27)10-9-16-5-4-8-19(25(28)29)21(16)17-6-2-3-7-18(17)22/h2-10H,11-14H2,1H3/b10-9+. The number of nitrogens with zero attached hydrogens (tertiary/aromatic N) is 3. The van der Waals surface area contributed by atoms with Gasteiger partial charge in [-0.3, -0.25) is 19.7 Å². The van der Waals surface area contributed by atoms with Gasteiger partial charge in [0, 0.05) is 55.3 Å². The Morgan fingerprint density at radius 1 is 1.03 bits per heavy atom. The Bertz CT molecular complexity index is 982. The van der Waals surface area contributed by atoms with E-state index in [9.17, 15) is 19.7 Å². The van der Waals surface area contributed by atoms with Crippen molar-refractivity contribution >= 4 is 39.5 Å². The average molecular weight is 458 g/mol. The molecule has 0 radical (unpaired) electrons. The lowest BCUT2D eigenvalue weighted by Crippen LogP contribution is -2.49. The van der Waals surface area contributed by atoms with Crippen molar-refractivity contribution < 1.29 is 14.5 Å². The molecule has 2 amide bonds. The Balaban J connectivity index is 1.89. The minimum Gasteiger partial charge on any atom is -0.339 e. The summed E-state index contributed by atoms with van der Waals surface area (Å²) in [5.74, 6) is -0.180. The number of hydrogen-bond acceptors (Lipinski definition) is 4. The molecule has 2 aromatic rings. The van der Waals surface area contributed by atoms with E-state index in [-0.39, 0.29) is 17.5 Å². The van der Waals surface area contributed by atoms with Gasteiger partial charge in [-0.15, -0.1) is 0 Å². The molecule has 1 saturated heterocycles. The molecule has 29 heavy (non-hydrogen) atoms. The molecular formula is C21H20BrN3O4. The van der Waals surface area contributed by atoms with Crippen molar-refractivity contribution in [1.29, 1.82) is 0 Å². The van der Waals surface area contributed by atoms with E-state index in [0.29, 0.717) is 42.9 Å². The van der Waals surface area contributed by atoms with Crippen molar-refractivity contribution in [2.24, 2.45) is 0 Å². The predicted molar refractivity (Wildman–Crippen MR) is 114 cm³/mol. The molecule has 7 nitrogen and oxygen atoms in total. The maximum atomic E-state index is 12.6. The van der Waals surface area contributed by atoms with Crippen LogP contribution in [0.1, 0.15) is 12.5 Å². The lowest BCUT2D eigenvalue weighted by Gasteiger charge is -2.33. The molecule has 1 aliphatic heterocycles. The van der Waals surface area contributed by atoms with Crippen LogP contribution in [-0.2, 0) is 9.59 Å². The monoisotopic (exact) mass is 457 g/mol. The number of nitro groups is 1. The molecule has 0 aromatic heterocycles. The maximum Gasteiger partial charge on any atom is 0.277 e. The lowest BCUT2D eigenvalue weighted by molar-refractivity contribution is -0.384. The highest BCUT2D eigenvalue weighted by molar-refractivity contribution is 9.10. The summed E-state index contributed by atoms with van der Waals surface area (Å²) < 4.78 is 0.732. The first-order valence-corrected chi connectivity index (χ1v) is 9.92. The molecular weight excluding hydrogens is 438 g/mol. The third-order valence-corrected chi connectivity index (χ3v) is 5.55. The molecule has 0 spiro atoms. The van der Waals surface area contributed by atoms with Gasteiger partial charge in [-0.2, -0.15) is 0 Å². The summed E-state index contributed by atoms with van der Waals surface area (Å²) in [6, 6.07) is 12.1. The minimum absolute atomic E-state index is 0.00214. The molecule has 1 aliphatic rings. The first-order chi connectivity index (χ1) is 13.9. The van der Waals surface area contributed by atoms with Crippen molar-refractivity contribution in [1.82, 2.24) is 9.80 Å². The molecule has 150 valence electrons. The molecule has 0 unspecified atom stereocenters. The second-order valence-electron chi connectivity index (χ2n) is 6.64. The third kappa shape index (κ3) is 4.71. The van der Waals surface area contributed by atoms with Crippen LogP contribution in [0.2, 0.25) is 0 Å². The Morgan fingerprint density at radius 2 is 1.69 bits per heavy atom. The van der Waals surface area contributed by atoms with E-state index in [2.05, 4.69) is 15.9 Å². The normalized spacial score (nSPS) is 14.3. The Kier molecular flexibility index (Phi) is 6.43. The molecule has 0 bridgehead atoms. The predicted octanol–water partition coefficient (Wildman–Crippen LogP) is 3.73. The smallest absolute Gasteiger partial charge is 0.277 e. The fraction of sp³-hybridized carbons (Fsp3) is 0.238. The van der Waals surface area contributed by atoms with Crippen LogP contribution in [0.5, 0.6) is 0 Å². The van der Waals surface area contributed by atoms with Crippen LogP contribution in [0.3, 0.4) is 0 Å². The molecule has 0 N–H and O–H groups in total. The first-order valence-electron chi connectivity index (χ1n) is 9.13. The highest BCUT2D eigenvalue weighted by Gasteiger charge is 2.22. The number of benzene rings is 2. The summed E-state index contributed by atoms with van der Waals surface area (Å²) in [6.45, 7) is 3.47.